The smallest absolute Gasteiger partial charge is 0.249 e. The number of hydrogen-bond acceptors (Lipinski definition) is 7. The monoisotopic (exact) mass is 359 g/mol. The number of aryl methyl sites for hydroxylation is 1. The Morgan fingerprint density at radius 1 is 1.36 bits per heavy atom. The molecule has 0 unspecified atom stereocenters. The highest BCUT2D eigenvalue weighted by Crippen LogP contribution is 2.35. The van der Waals surface area contributed by atoms with E-state index < -0.39 is 0 Å². The van der Waals surface area contributed by atoms with Crippen LogP contribution in [0.25, 0.3) is 0 Å². The maximum Gasteiger partial charge on any atom is 0.249 e. The molecule has 1 amide bonds. The second-order valence-electron chi connectivity index (χ2n) is 6.43. The lowest BCUT2D eigenvalue weighted by Crippen LogP contribution is -2.47. The fourth-order valence-corrected chi connectivity index (χ4v) is 4.33. The van der Waals surface area contributed by atoms with Crippen LogP contribution in [0.2, 0.25) is 0 Å². The first-order valence-corrected chi connectivity index (χ1v) is 9.42. The number of pyridine rings is 1. The summed E-state index contributed by atoms with van der Waals surface area (Å²) in [5, 5.41) is 13.2. The van der Waals surface area contributed by atoms with Crippen molar-refractivity contribution in [1.29, 1.82) is 0 Å². The first-order valence-electron chi connectivity index (χ1n) is 8.60. The fraction of sp³-hybridized carbons (Fsp3) is 0.529. The molecule has 8 heteroatoms. The zero-order chi connectivity index (χ0) is 17.2. The number of rotatable bonds is 4. The number of carbonyl (C=O) groups is 1. The summed E-state index contributed by atoms with van der Waals surface area (Å²) in [5.41, 5.74) is 0.850. The van der Waals surface area contributed by atoms with Gasteiger partial charge in [0, 0.05) is 12.7 Å². The van der Waals surface area contributed by atoms with Gasteiger partial charge < -0.3 is 15.0 Å². The van der Waals surface area contributed by atoms with Crippen LogP contribution in [0, 0.1) is 6.92 Å². The van der Waals surface area contributed by atoms with Crippen LogP contribution in [0.5, 0.6) is 0 Å². The first-order chi connectivity index (χ1) is 12.2. The van der Waals surface area contributed by atoms with Gasteiger partial charge in [-0.15, -0.1) is 10.2 Å². The lowest BCUT2D eigenvalue weighted by Gasteiger charge is -2.35. The molecular formula is C17H21N5O2S. The van der Waals surface area contributed by atoms with Crippen molar-refractivity contribution in [3.63, 3.8) is 0 Å². The van der Waals surface area contributed by atoms with Crippen molar-refractivity contribution in [1.82, 2.24) is 20.5 Å². The van der Waals surface area contributed by atoms with E-state index in [1.807, 2.05) is 25.1 Å². The third-order valence-corrected chi connectivity index (χ3v) is 5.65. The fourth-order valence-electron chi connectivity index (χ4n) is 3.55. The topological polar surface area (TPSA) is 80.2 Å². The van der Waals surface area contributed by atoms with E-state index in [0.29, 0.717) is 12.6 Å². The Morgan fingerprint density at radius 2 is 2.28 bits per heavy atom. The van der Waals surface area contributed by atoms with E-state index in [9.17, 15) is 4.79 Å². The molecule has 2 aromatic heterocycles. The van der Waals surface area contributed by atoms with Crippen molar-refractivity contribution in [2.24, 2.45) is 0 Å². The number of ether oxygens (including phenoxy) is 1. The van der Waals surface area contributed by atoms with Crippen LogP contribution in [-0.2, 0) is 16.1 Å². The molecule has 0 aromatic carbocycles. The molecule has 2 aliphatic heterocycles. The summed E-state index contributed by atoms with van der Waals surface area (Å²) in [4.78, 5) is 18.9. The number of hydrogen-bond donors (Lipinski definition) is 1. The number of fused-ring (bicyclic) bond motifs is 1. The molecule has 0 bridgehead atoms. The Kier molecular flexibility index (Phi) is 4.63. The van der Waals surface area contributed by atoms with Crippen molar-refractivity contribution in [3.05, 3.63) is 35.1 Å². The molecule has 2 fully saturated rings. The maximum absolute atomic E-state index is 12.4. The standard InChI is InChI=1S/C17H21N5O2S/c1-11-20-21-17(25-11)22-9-7-14-13(22)5-6-15(24-14)16(23)19-10-12-4-2-3-8-18-12/h2-4,8,13-15H,5-7,9-10H2,1H3,(H,19,23)/t13-,14-,15+/m1/s1. The summed E-state index contributed by atoms with van der Waals surface area (Å²) in [7, 11) is 0. The van der Waals surface area contributed by atoms with Crippen molar-refractivity contribution in [2.75, 3.05) is 11.4 Å². The zero-order valence-electron chi connectivity index (χ0n) is 14.1. The highest BCUT2D eigenvalue weighted by Gasteiger charge is 2.42. The number of amides is 1. The number of nitrogens with zero attached hydrogens (tertiary/aromatic N) is 4. The molecule has 0 saturated carbocycles. The second kappa shape index (κ2) is 7.05. The number of aromatic nitrogens is 3. The van der Waals surface area contributed by atoms with E-state index in [1.54, 1.807) is 17.5 Å². The summed E-state index contributed by atoms with van der Waals surface area (Å²) < 4.78 is 6.10. The average Bonchev–Trinajstić information content (AvgIpc) is 3.25. The summed E-state index contributed by atoms with van der Waals surface area (Å²) >= 11 is 1.62. The predicted molar refractivity (Wildman–Crippen MR) is 94.4 cm³/mol. The van der Waals surface area contributed by atoms with Crippen molar-refractivity contribution >= 4 is 22.4 Å². The van der Waals surface area contributed by atoms with Gasteiger partial charge in [0.25, 0.3) is 0 Å². The van der Waals surface area contributed by atoms with Crippen LogP contribution < -0.4 is 10.2 Å². The lowest BCUT2D eigenvalue weighted by atomic mass is 9.99. The minimum Gasteiger partial charge on any atom is -0.363 e. The molecule has 0 aliphatic carbocycles. The molecule has 3 atom stereocenters. The molecule has 1 N–H and O–H groups in total. The van der Waals surface area contributed by atoms with Crippen LogP contribution in [0.4, 0.5) is 5.13 Å². The van der Waals surface area contributed by atoms with Gasteiger partial charge in [0.05, 0.1) is 24.4 Å². The van der Waals surface area contributed by atoms with E-state index in [2.05, 4.69) is 25.4 Å². The molecule has 2 aromatic rings. The Bertz CT molecular complexity index is 738. The van der Waals surface area contributed by atoms with Crippen LogP contribution in [0.1, 0.15) is 30.0 Å². The molecular weight excluding hydrogens is 338 g/mol. The van der Waals surface area contributed by atoms with Gasteiger partial charge in [-0.3, -0.25) is 9.78 Å². The SMILES string of the molecule is Cc1nnc(N2CC[C@H]3O[C@H](C(=O)NCc4ccccn4)CC[C@H]32)s1. The molecule has 2 saturated heterocycles. The van der Waals surface area contributed by atoms with Crippen LogP contribution in [0.15, 0.2) is 24.4 Å². The third-order valence-electron chi connectivity index (χ3n) is 4.77. The summed E-state index contributed by atoms with van der Waals surface area (Å²) in [6, 6.07) is 5.98. The average molecular weight is 359 g/mol. The maximum atomic E-state index is 12.4. The molecule has 4 rings (SSSR count). The van der Waals surface area contributed by atoms with E-state index in [0.717, 1.165) is 41.6 Å². The van der Waals surface area contributed by atoms with Gasteiger partial charge in [-0.1, -0.05) is 17.4 Å². The van der Waals surface area contributed by atoms with Gasteiger partial charge in [0.1, 0.15) is 11.1 Å². The largest absolute Gasteiger partial charge is 0.363 e. The zero-order valence-corrected chi connectivity index (χ0v) is 14.9. The van der Waals surface area contributed by atoms with Gasteiger partial charge in [0.2, 0.25) is 11.0 Å². The molecule has 0 spiro atoms. The lowest BCUT2D eigenvalue weighted by molar-refractivity contribution is -0.141. The van der Waals surface area contributed by atoms with Crippen molar-refractivity contribution in [2.45, 2.75) is 51.0 Å². The van der Waals surface area contributed by atoms with E-state index >= 15 is 0 Å². The van der Waals surface area contributed by atoms with E-state index in [-0.39, 0.29) is 18.1 Å². The molecule has 0 radical (unpaired) electrons. The van der Waals surface area contributed by atoms with Crippen LogP contribution >= 0.6 is 11.3 Å². The predicted octanol–water partition coefficient (Wildman–Crippen LogP) is 1.68. The second-order valence-corrected chi connectivity index (χ2v) is 7.59. The van der Waals surface area contributed by atoms with Crippen LogP contribution in [0.3, 0.4) is 0 Å². The highest BCUT2D eigenvalue weighted by molar-refractivity contribution is 7.15. The van der Waals surface area contributed by atoms with Gasteiger partial charge in [0.15, 0.2) is 0 Å². The minimum atomic E-state index is -0.374. The number of nitrogens with one attached hydrogen (secondary N) is 1. The quantitative estimate of drug-likeness (QED) is 0.895. The molecule has 132 valence electrons. The van der Waals surface area contributed by atoms with Gasteiger partial charge in [-0.05, 0) is 38.3 Å². The number of anilines is 1. The van der Waals surface area contributed by atoms with Crippen molar-refractivity contribution < 1.29 is 9.53 Å². The number of carbonyl (C=O) groups excluding carboxylic acids is 1. The summed E-state index contributed by atoms with van der Waals surface area (Å²) in [6.07, 6.45) is 4.03. The van der Waals surface area contributed by atoms with Crippen LogP contribution in [-0.4, -0.2) is 45.9 Å². The molecule has 4 heterocycles. The van der Waals surface area contributed by atoms with Gasteiger partial charge >= 0.3 is 0 Å². The van der Waals surface area contributed by atoms with Gasteiger partial charge in [-0.25, -0.2) is 0 Å². The van der Waals surface area contributed by atoms with Gasteiger partial charge in [-0.2, -0.15) is 0 Å². The highest BCUT2D eigenvalue weighted by atomic mass is 32.1. The minimum absolute atomic E-state index is 0.0469. The Morgan fingerprint density at radius 3 is 3.04 bits per heavy atom. The first kappa shape index (κ1) is 16.4. The normalized spacial score (nSPS) is 25.6. The summed E-state index contributed by atoms with van der Waals surface area (Å²) in [6.45, 7) is 3.31. The van der Waals surface area contributed by atoms with Crippen molar-refractivity contribution in [3.8, 4) is 0 Å². The molecule has 25 heavy (non-hydrogen) atoms. The molecule has 2 aliphatic rings. The Labute approximate surface area is 150 Å². The van der Waals surface area contributed by atoms with E-state index in [4.69, 9.17) is 4.74 Å². The Hall–Kier alpha value is -2.06. The Balaban J connectivity index is 1.33. The summed E-state index contributed by atoms with van der Waals surface area (Å²) in [5.74, 6) is -0.0469. The third kappa shape index (κ3) is 3.50. The van der Waals surface area contributed by atoms with E-state index in [1.165, 1.54) is 0 Å². The molecule has 7 nitrogen and oxygen atoms in total.